The third kappa shape index (κ3) is 57.4. The Morgan fingerprint density at radius 2 is 0.549 bits per heavy atom. The molecule has 0 heterocycles. The lowest BCUT2D eigenvalue weighted by Gasteiger charge is -2.18. The summed E-state index contributed by atoms with van der Waals surface area (Å²) >= 11 is 0. The van der Waals surface area contributed by atoms with Crippen molar-refractivity contribution >= 4 is 17.9 Å². The average molecular weight is 990 g/mol. The van der Waals surface area contributed by atoms with E-state index in [0.717, 1.165) is 116 Å². The molecule has 1 unspecified atom stereocenters. The van der Waals surface area contributed by atoms with E-state index in [2.05, 4.69) is 106 Å². The number of carbonyl (C=O) groups is 3. The Bertz CT molecular complexity index is 1370. The minimum atomic E-state index is -0.785. The van der Waals surface area contributed by atoms with Crippen molar-refractivity contribution in [2.45, 2.75) is 297 Å². The summed E-state index contributed by atoms with van der Waals surface area (Å²) in [4.78, 5) is 38.2. The Hall–Kier alpha value is -3.41. The van der Waals surface area contributed by atoms with Crippen LogP contribution in [0.3, 0.4) is 0 Å². The van der Waals surface area contributed by atoms with Gasteiger partial charge in [-0.2, -0.15) is 0 Å². The van der Waals surface area contributed by atoms with Crippen LogP contribution in [0.5, 0.6) is 0 Å². The minimum Gasteiger partial charge on any atom is -0.462 e. The fourth-order valence-corrected chi connectivity index (χ4v) is 8.38. The lowest BCUT2D eigenvalue weighted by Crippen LogP contribution is -2.30. The molecule has 0 fully saturated rings. The van der Waals surface area contributed by atoms with Crippen LogP contribution in [0, 0.1) is 0 Å². The van der Waals surface area contributed by atoms with Gasteiger partial charge in [0.1, 0.15) is 13.2 Å². The van der Waals surface area contributed by atoms with Crippen LogP contribution in [0.4, 0.5) is 0 Å². The van der Waals surface area contributed by atoms with Gasteiger partial charge in [-0.3, -0.25) is 14.4 Å². The highest BCUT2D eigenvalue weighted by Gasteiger charge is 2.19. The number of esters is 3. The van der Waals surface area contributed by atoms with Crippen molar-refractivity contribution in [1.29, 1.82) is 0 Å². The summed E-state index contributed by atoms with van der Waals surface area (Å²) in [5.41, 5.74) is 0. The zero-order valence-corrected chi connectivity index (χ0v) is 46.7. The van der Waals surface area contributed by atoms with Crippen LogP contribution in [-0.4, -0.2) is 37.2 Å². The van der Waals surface area contributed by atoms with Gasteiger partial charge in [0.05, 0.1) is 0 Å². The Kier molecular flexibility index (Phi) is 56.3. The number of rotatable bonds is 54. The summed E-state index contributed by atoms with van der Waals surface area (Å²) in [5, 5.41) is 0. The first-order valence-corrected chi connectivity index (χ1v) is 30.1. The molecule has 0 aromatic heterocycles. The Labute approximate surface area is 439 Å². The first kappa shape index (κ1) is 67.6. The van der Waals surface area contributed by atoms with Crippen LogP contribution in [0.2, 0.25) is 0 Å². The smallest absolute Gasteiger partial charge is 0.306 e. The molecule has 0 aliphatic heterocycles. The SMILES string of the molecule is CC/C=C\C/C=C\C/C=C\C/C=C\C/C=C\C/C=C\CCCCCCCCC(=O)OCC(COC(=O)CCCCCCC/C=C\CCCCC)OC(=O)CCCCCCCCCCCCCCCCCC. The highest BCUT2D eigenvalue weighted by molar-refractivity contribution is 5.71. The number of unbranched alkanes of at least 4 members (excludes halogenated alkanes) is 29. The molecule has 0 aliphatic carbocycles. The molecular weight excluding hydrogens is 877 g/mol. The van der Waals surface area contributed by atoms with E-state index < -0.39 is 6.10 Å². The number of hydrogen-bond acceptors (Lipinski definition) is 6. The van der Waals surface area contributed by atoms with Crippen LogP contribution in [0.1, 0.15) is 290 Å². The van der Waals surface area contributed by atoms with E-state index in [1.165, 1.54) is 135 Å². The van der Waals surface area contributed by atoms with Crippen molar-refractivity contribution < 1.29 is 28.6 Å². The Balaban J connectivity index is 4.34. The van der Waals surface area contributed by atoms with Gasteiger partial charge in [-0.05, 0) is 96.3 Å². The molecule has 0 bridgehead atoms. The number of allylic oxidation sites excluding steroid dienone is 14. The molecule has 0 aromatic rings. The molecule has 1 atom stereocenters. The third-order valence-electron chi connectivity index (χ3n) is 12.9. The molecule has 6 heteroatoms. The molecule has 71 heavy (non-hydrogen) atoms. The molecular formula is C65H112O6. The Morgan fingerprint density at radius 3 is 0.901 bits per heavy atom. The van der Waals surface area contributed by atoms with Gasteiger partial charge >= 0.3 is 17.9 Å². The second-order valence-corrected chi connectivity index (χ2v) is 19.9. The van der Waals surface area contributed by atoms with Crippen molar-refractivity contribution in [3.05, 3.63) is 85.1 Å². The predicted molar refractivity (Wildman–Crippen MR) is 307 cm³/mol. The molecule has 0 spiro atoms. The van der Waals surface area contributed by atoms with Gasteiger partial charge < -0.3 is 14.2 Å². The van der Waals surface area contributed by atoms with Crippen molar-refractivity contribution in [2.24, 2.45) is 0 Å². The van der Waals surface area contributed by atoms with E-state index in [-0.39, 0.29) is 31.1 Å². The summed E-state index contributed by atoms with van der Waals surface area (Å²) < 4.78 is 16.9. The maximum Gasteiger partial charge on any atom is 0.306 e. The number of carbonyl (C=O) groups excluding carboxylic acids is 3. The highest BCUT2D eigenvalue weighted by Crippen LogP contribution is 2.16. The van der Waals surface area contributed by atoms with E-state index in [0.29, 0.717) is 19.3 Å². The monoisotopic (exact) mass is 989 g/mol. The van der Waals surface area contributed by atoms with Crippen LogP contribution in [-0.2, 0) is 28.6 Å². The maximum absolute atomic E-state index is 12.9. The lowest BCUT2D eigenvalue weighted by atomic mass is 10.0. The van der Waals surface area contributed by atoms with Crippen molar-refractivity contribution in [1.82, 2.24) is 0 Å². The molecule has 0 saturated heterocycles. The fraction of sp³-hybridized carbons (Fsp3) is 0.738. The topological polar surface area (TPSA) is 78.9 Å². The predicted octanol–water partition coefficient (Wildman–Crippen LogP) is 20.3. The summed E-state index contributed by atoms with van der Waals surface area (Å²) in [5.74, 6) is -0.897. The summed E-state index contributed by atoms with van der Waals surface area (Å²) in [7, 11) is 0. The third-order valence-corrected chi connectivity index (χ3v) is 12.9. The average Bonchev–Trinajstić information content (AvgIpc) is 3.37. The van der Waals surface area contributed by atoms with Gasteiger partial charge in [-0.25, -0.2) is 0 Å². The molecule has 0 amide bonds. The van der Waals surface area contributed by atoms with E-state index in [1.54, 1.807) is 0 Å². The zero-order valence-electron chi connectivity index (χ0n) is 46.7. The van der Waals surface area contributed by atoms with Gasteiger partial charge in [-0.15, -0.1) is 0 Å². The van der Waals surface area contributed by atoms with E-state index >= 15 is 0 Å². The molecule has 0 radical (unpaired) electrons. The number of ether oxygens (including phenoxy) is 3. The lowest BCUT2D eigenvalue weighted by molar-refractivity contribution is -0.167. The summed E-state index contributed by atoms with van der Waals surface area (Å²) in [6.07, 6.45) is 77.2. The van der Waals surface area contributed by atoms with Gasteiger partial charge in [0, 0.05) is 19.3 Å². The van der Waals surface area contributed by atoms with Crippen LogP contribution >= 0.6 is 0 Å². The normalized spacial score (nSPS) is 12.7. The molecule has 0 aromatic carbocycles. The summed E-state index contributed by atoms with van der Waals surface area (Å²) in [6.45, 7) is 6.51. The largest absolute Gasteiger partial charge is 0.462 e. The molecule has 6 nitrogen and oxygen atoms in total. The van der Waals surface area contributed by atoms with Crippen LogP contribution < -0.4 is 0 Å². The van der Waals surface area contributed by atoms with Crippen LogP contribution in [0.15, 0.2) is 85.1 Å². The maximum atomic E-state index is 12.9. The van der Waals surface area contributed by atoms with Gasteiger partial charge in [0.25, 0.3) is 0 Å². The van der Waals surface area contributed by atoms with Crippen molar-refractivity contribution in [3.63, 3.8) is 0 Å². The van der Waals surface area contributed by atoms with Gasteiger partial charge in [0.15, 0.2) is 6.10 Å². The van der Waals surface area contributed by atoms with Gasteiger partial charge in [-0.1, -0.05) is 260 Å². The van der Waals surface area contributed by atoms with Crippen molar-refractivity contribution in [2.75, 3.05) is 13.2 Å². The van der Waals surface area contributed by atoms with Crippen molar-refractivity contribution in [3.8, 4) is 0 Å². The molecule has 408 valence electrons. The zero-order chi connectivity index (χ0) is 51.4. The molecule has 0 N–H and O–H groups in total. The second kappa shape index (κ2) is 59.2. The van der Waals surface area contributed by atoms with E-state index in [4.69, 9.17) is 14.2 Å². The minimum absolute atomic E-state index is 0.0834. The molecule has 0 saturated carbocycles. The van der Waals surface area contributed by atoms with E-state index in [9.17, 15) is 14.4 Å². The van der Waals surface area contributed by atoms with Crippen LogP contribution in [0.25, 0.3) is 0 Å². The fourth-order valence-electron chi connectivity index (χ4n) is 8.38. The standard InChI is InChI=1S/C65H112O6/c1-4-7-10-13-16-19-22-25-27-29-30-31-32-33-34-35-36-37-39-40-43-46-49-52-55-58-64(67)70-61-62(60-69-63(66)57-54-51-48-45-42-24-21-18-15-12-9-6-3)71-65(68)59-56-53-50-47-44-41-38-28-26-23-20-17-14-11-8-5-2/h7,10,16,18-19,21,25,27,30-31,33-34,36-37,62H,4-6,8-9,11-15,17,20,22-24,26,28-29,32,35,38-61H2,1-3H3/b10-7-,19-16-,21-18-,27-25-,31-30-,34-33-,37-36-. The first-order valence-electron chi connectivity index (χ1n) is 30.1. The van der Waals surface area contributed by atoms with E-state index in [1.807, 2.05) is 0 Å². The second-order valence-electron chi connectivity index (χ2n) is 19.9. The molecule has 0 rings (SSSR count). The Morgan fingerprint density at radius 1 is 0.296 bits per heavy atom. The quantitative estimate of drug-likeness (QED) is 0.0261. The van der Waals surface area contributed by atoms with Gasteiger partial charge in [0.2, 0.25) is 0 Å². The number of hydrogen-bond donors (Lipinski definition) is 0. The highest BCUT2D eigenvalue weighted by atomic mass is 16.6. The first-order chi connectivity index (χ1) is 35.0. The summed E-state index contributed by atoms with van der Waals surface area (Å²) in [6, 6.07) is 0. The molecule has 0 aliphatic rings.